The summed E-state index contributed by atoms with van der Waals surface area (Å²) in [5, 5.41) is 0. The minimum atomic E-state index is 0.533. The molecule has 0 amide bonds. The summed E-state index contributed by atoms with van der Waals surface area (Å²) in [6, 6.07) is 6.40. The van der Waals surface area contributed by atoms with Crippen molar-refractivity contribution in [2.24, 2.45) is 0 Å². The van der Waals surface area contributed by atoms with Crippen LogP contribution in [0.4, 0.5) is 5.82 Å². The van der Waals surface area contributed by atoms with E-state index in [0.717, 1.165) is 34.6 Å². The van der Waals surface area contributed by atoms with Gasteiger partial charge in [0.25, 0.3) is 0 Å². The summed E-state index contributed by atoms with van der Waals surface area (Å²) < 4.78 is 2.14. The highest BCUT2D eigenvalue weighted by molar-refractivity contribution is 5.87. The molecule has 3 aromatic rings. The van der Waals surface area contributed by atoms with Crippen molar-refractivity contribution in [3.8, 4) is 11.3 Å². The molecular formula is C20H22N4. The van der Waals surface area contributed by atoms with Crippen molar-refractivity contribution in [1.82, 2.24) is 14.4 Å². The first-order chi connectivity index (χ1) is 11.7. The molecule has 0 saturated heterocycles. The highest BCUT2D eigenvalue weighted by Gasteiger charge is 2.27. The largest absolute Gasteiger partial charge is 0.382 e. The SMILES string of the molecule is C=Cc1ccc(-c2nc(C3CCC3)n3ccnc(N)c23)c(CC)c1. The van der Waals surface area contributed by atoms with Crippen molar-refractivity contribution in [2.75, 3.05) is 5.73 Å². The summed E-state index contributed by atoms with van der Waals surface area (Å²) in [5.74, 6) is 2.20. The molecule has 1 fully saturated rings. The molecule has 1 aromatic carbocycles. The van der Waals surface area contributed by atoms with Gasteiger partial charge in [0, 0.05) is 23.9 Å². The number of benzene rings is 1. The maximum atomic E-state index is 6.23. The van der Waals surface area contributed by atoms with Crippen molar-refractivity contribution in [1.29, 1.82) is 0 Å². The molecule has 0 atom stereocenters. The van der Waals surface area contributed by atoms with E-state index in [2.05, 4.69) is 41.1 Å². The molecule has 122 valence electrons. The highest BCUT2D eigenvalue weighted by atomic mass is 15.1. The lowest BCUT2D eigenvalue weighted by Gasteiger charge is -2.23. The number of nitrogen functional groups attached to an aromatic ring is 1. The van der Waals surface area contributed by atoms with E-state index in [4.69, 9.17) is 10.7 Å². The lowest BCUT2D eigenvalue weighted by Crippen LogP contribution is -2.12. The number of anilines is 1. The van der Waals surface area contributed by atoms with Gasteiger partial charge in [-0.05, 0) is 30.4 Å². The predicted octanol–water partition coefficient (Wildman–Crippen LogP) is 4.45. The topological polar surface area (TPSA) is 56.2 Å². The first-order valence-electron chi connectivity index (χ1n) is 8.61. The van der Waals surface area contributed by atoms with Crippen LogP contribution in [0.25, 0.3) is 22.9 Å². The van der Waals surface area contributed by atoms with E-state index in [0.29, 0.717) is 11.7 Å². The van der Waals surface area contributed by atoms with E-state index in [1.807, 2.05) is 12.3 Å². The van der Waals surface area contributed by atoms with Gasteiger partial charge < -0.3 is 5.73 Å². The quantitative estimate of drug-likeness (QED) is 0.773. The number of fused-ring (bicyclic) bond motifs is 1. The number of aryl methyl sites for hydroxylation is 1. The van der Waals surface area contributed by atoms with Crippen molar-refractivity contribution >= 4 is 17.4 Å². The van der Waals surface area contributed by atoms with Crippen molar-refractivity contribution in [3.63, 3.8) is 0 Å². The smallest absolute Gasteiger partial charge is 0.150 e. The Morgan fingerprint density at radius 1 is 1.38 bits per heavy atom. The lowest BCUT2D eigenvalue weighted by atomic mass is 9.85. The first-order valence-corrected chi connectivity index (χ1v) is 8.61. The molecule has 2 heterocycles. The minimum absolute atomic E-state index is 0.533. The Morgan fingerprint density at radius 2 is 2.21 bits per heavy atom. The summed E-state index contributed by atoms with van der Waals surface area (Å²) >= 11 is 0. The number of imidazole rings is 1. The van der Waals surface area contributed by atoms with Crippen LogP contribution >= 0.6 is 0 Å². The standard InChI is InChI=1S/C20H22N4/c1-3-13-8-9-16(14(4-2)12-13)17-18-19(21)22-10-11-24(18)20(23-17)15-6-5-7-15/h3,8-12,15H,1,4-7H2,2H3,(H2,21,22). The molecule has 0 unspecified atom stereocenters. The fourth-order valence-electron chi connectivity index (χ4n) is 3.49. The lowest BCUT2D eigenvalue weighted by molar-refractivity contribution is 0.400. The average molecular weight is 318 g/mol. The van der Waals surface area contributed by atoms with Crippen LogP contribution in [0.5, 0.6) is 0 Å². The van der Waals surface area contributed by atoms with E-state index in [1.165, 1.54) is 24.8 Å². The Kier molecular flexibility index (Phi) is 3.60. The summed E-state index contributed by atoms with van der Waals surface area (Å²) in [6.45, 7) is 6.03. The van der Waals surface area contributed by atoms with E-state index in [9.17, 15) is 0 Å². The zero-order valence-corrected chi connectivity index (χ0v) is 14.0. The van der Waals surface area contributed by atoms with Gasteiger partial charge in [0.2, 0.25) is 0 Å². The molecule has 2 N–H and O–H groups in total. The highest BCUT2D eigenvalue weighted by Crippen LogP contribution is 2.39. The summed E-state index contributed by atoms with van der Waals surface area (Å²) in [7, 11) is 0. The normalized spacial score (nSPS) is 14.7. The van der Waals surface area contributed by atoms with Gasteiger partial charge in [0.1, 0.15) is 22.9 Å². The Morgan fingerprint density at radius 3 is 2.88 bits per heavy atom. The molecule has 0 radical (unpaired) electrons. The number of aromatic nitrogens is 3. The van der Waals surface area contributed by atoms with Gasteiger partial charge in [0.15, 0.2) is 0 Å². The fourth-order valence-corrected chi connectivity index (χ4v) is 3.49. The van der Waals surface area contributed by atoms with Gasteiger partial charge in [-0.15, -0.1) is 0 Å². The first kappa shape index (κ1) is 14.9. The molecule has 1 saturated carbocycles. The van der Waals surface area contributed by atoms with Gasteiger partial charge in [-0.1, -0.05) is 44.2 Å². The predicted molar refractivity (Wildman–Crippen MR) is 98.9 cm³/mol. The molecule has 2 aromatic heterocycles. The molecule has 0 aliphatic heterocycles. The van der Waals surface area contributed by atoms with Crippen LogP contribution in [0.2, 0.25) is 0 Å². The van der Waals surface area contributed by atoms with Crippen LogP contribution in [0.15, 0.2) is 37.2 Å². The van der Waals surface area contributed by atoms with Crippen LogP contribution in [0, 0.1) is 0 Å². The van der Waals surface area contributed by atoms with Crippen LogP contribution in [0.1, 0.15) is 49.1 Å². The zero-order chi connectivity index (χ0) is 16.7. The van der Waals surface area contributed by atoms with Gasteiger partial charge in [0.05, 0.1) is 0 Å². The molecule has 1 aliphatic carbocycles. The van der Waals surface area contributed by atoms with E-state index >= 15 is 0 Å². The third-order valence-electron chi connectivity index (χ3n) is 5.08. The molecule has 4 heteroatoms. The second kappa shape index (κ2) is 5.78. The van der Waals surface area contributed by atoms with Crippen molar-refractivity contribution in [2.45, 2.75) is 38.5 Å². The van der Waals surface area contributed by atoms with Crippen molar-refractivity contribution < 1.29 is 0 Å². The Bertz CT molecular complexity index is 919. The molecule has 24 heavy (non-hydrogen) atoms. The van der Waals surface area contributed by atoms with Gasteiger partial charge in [-0.3, -0.25) is 4.40 Å². The van der Waals surface area contributed by atoms with Gasteiger partial charge >= 0.3 is 0 Å². The third kappa shape index (κ3) is 2.21. The Labute approximate surface area is 142 Å². The Hall–Kier alpha value is -2.62. The van der Waals surface area contributed by atoms with E-state index in [-0.39, 0.29) is 0 Å². The van der Waals surface area contributed by atoms with Crippen LogP contribution < -0.4 is 5.73 Å². The number of nitrogens with two attached hydrogens (primary N) is 1. The summed E-state index contributed by atoms with van der Waals surface area (Å²) in [6.07, 6.45) is 10.3. The van der Waals surface area contributed by atoms with E-state index < -0.39 is 0 Å². The summed E-state index contributed by atoms with van der Waals surface area (Å²) in [4.78, 5) is 9.32. The zero-order valence-electron chi connectivity index (χ0n) is 14.0. The molecule has 1 aliphatic rings. The minimum Gasteiger partial charge on any atom is -0.382 e. The number of hydrogen-bond acceptors (Lipinski definition) is 3. The van der Waals surface area contributed by atoms with Crippen LogP contribution in [-0.4, -0.2) is 14.4 Å². The second-order valence-electron chi connectivity index (χ2n) is 6.45. The monoisotopic (exact) mass is 318 g/mol. The van der Waals surface area contributed by atoms with E-state index in [1.54, 1.807) is 6.20 Å². The maximum Gasteiger partial charge on any atom is 0.150 e. The molecule has 0 spiro atoms. The van der Waals surface area contributed by atoms with Crippen molar-refractivity contribution in [3.05, 3.63) is 54.1 Å². The molecular weight excluding hydrogens is 296 g/mol. The Balaban J connectivity index is 1.98. The van der Waals surface area contributed by atoms with Gasteiger partial charge in [-0.2, -0.15) is 0 Å². The molecule has 4 nitrogen and oxygen atoms in total. The maximum absolute atomic E-state index is 6.23. The molecule has 4 rings (SSSR count). The second-order valence-corrected chi connectivity index (χ2v) is 6.45. The van der Waals surface area contributed by atoms with Crippen LogP contribution in [-0.2, 0) is 6.42 Å². The third-order valence-corrected chi connectivity index (χ3v) is 5.08. The van der Waals surface area contributed by atoms with Crippen LogP contribution in [0.3, 0.4) is 0 Å². The number of rotatable bonds is 4. The number of hydrogen-bond donors (Lipinski definition) is 1. The molecule has 0 bridgehead atoms. The summed E-state index contributed by atoms with van der Waals surface area (Å²) in [5.41, 5.74) is 11.6. The number of nitrogens with zero attached hydrogens (tertiary/aromatic N) is 3. The fraction of sp³-hybridized carbons (Fsp3) is 0.300. The average Bonchev–Trinajstić information content (AvgIpc) is 2.93. The van der Waals surface area contributed by atoms with Gasteiger partial charge in [-0.25, -0.2) is 9.97 Å².